The molecule has 1 aliphatic carbocycles. The number of hydrogen-bond acceptors (Lipinski definition) is 5. The van der Waals surface area contributed by atoms with Crippen molar-refractivity contribution in [2.45, 2.75) is 31.7 Å². The number of aryl methyl sites for hydroxylation is 1. The minimum atomic E-state index is -0.748. The second-order valence-electron chi connectivity index (χ2n) is 9.63. The molecule has 7 nitrogen and oxygen atoms in total. The fourth-order valence-electron chi connectivity index (χ4n) is 4.65. The zero-order chi connectivity index (χ0) is 26.4. The number of hydrogen-bond donors (Lipinski definition) is 2. The smallest absolute Gasteiger partial charge is 0.314 e. The molecule has 9 heteroatoms. The van der Waals surface area contributed by atoms with Crippen LogP contribution in [0.2, 0.25) is 10.0 Å². The Bertz CT molecular complexity index is 1690. The van der Waals surface area contributed by atoms with Gasteiger partial charge in [-0.1, -0.05) is 65.7 Å². The molecule has 5 aromatic rings. The van der Waals surface area contributed by atoms with Crippen molar-refractivity contribution < 1.29 is 9.90 Å². The standard InChI is InChI=1S/C29H23Cl2N5O2/c1-17-12-26(35-36(17)16-18-2-9-23(30)24(31)13-18)34-28-32-15-21-4-3-20(14-25(21)33-28)19-5-7-22(8-6-19)29(10-11-29)27(37)38/h2-9,12-15H,10-11,16H2,1H3,(H,37,38)(H,32,33,34,35). The minimum Gasteiger partial charge on any atom is -0.481 e. The average molecular weight is 544 g/mol. The lowest BCUT2D eigenvalue weighted by Gasteiger charge is -2.11. The monoisotopic (exact) mass is 543 g/mol. The van der Waals surface area contributed by atoms with E-state index in [9.17, 15) is 9.90 Å². The third kappa shape index (κ3) is 4.59. The predicted octanol–water partition coefficient (Wildman–Crippen LogP) is 7.02. The van der Waals surface area contributed by atoms with Crippen molar-refractivity contribution in [3.05, 3.63) is 99.8 Å². The van der Waals surface area contributed by atoms with E-state index in [2.05, 4.69) is 15.4 Å². The number of benzene rings is 3. The fraction of sp³-hybridized carbons (Fsp3) is 0.172. The Labute approximate surface area is 229 Å². The van der Waals surface area contributed by atoms with Gasteiger partial charge in [-0.2, -0.15) is 5.10 Å². The number of aliphatic carboxylic acids is 1. The topological polar surface area (TPSA) is 92.9 Å². The van der Waals surface area contributed by atoms with Gasteiger partial charge in [0.25, 0.3) is 0 Å². The van der Waals surface area contributed by atoms with Crippen molar-refractivity contribution in [2.24, 2.45) is 0 Å². The summed E-state index contributed by atoms with van der Waals surface area (Å²) in [5.74, 6) is 0.337. The Hall–Kier alpha value is -3.94. The predicted molar refractivity (Wildman–Crippen MR) is 149 cm³/mol. The van der Waals surface area contributed by atoms with Gasteiger partial charge in [-0.15, -0.1) is 0 Å². The molecular formula is C29H23Cl2N5O2. The Kier molecular flexibility index (Phi) is 6.05. The minimum absolute atomic E-state index is 0.446. The molecular weight excluding hydrogens is 521 g/mol. The maximum atomic E-state index is 11.6. The number of nitrogens with zero attached hydrogens (tertiary/aromatic N) is 4. The van der Waals surface area contributed by atoms with Crippen LogP contribution in [0.25, 0.3) is 22.0 Å². The number of carboxylic acids is 1. The summed E-state index contributed by atoms with van der Waals surface area (Å²) < 4.78 is 1.88. The van der Waals surface area contributed by atoms with Gasteiger partial charge in [-0.3, -0.25) is 9.48 Å². The highest BCUT2D eigenvalue weighted by Gasteiger charge is 2.51. The summed E-state index contributed by atoms with van der Waals surface area (Å²) in [7, 11) is 0. The van der Waals surface area contributed by atoms with E-state index < -0.39 is 11.4 Å². The van der Waals surface area contributed by atoms with Gasteiger partial charge in [0.2, 0.25) is 5.95 Å². The van der Waals surface area contributed by atoms with Crippen LogP contribution in [-0.2, 0) is 16.8 Å². The van der Waals surface area contributed by atoms with Gasteiger partial charge in [-0.25, -0.2) is 9.97 Å². The number of carbonyl (C=O) groups is 1. The maximum absolute atomic E-state index is 11.6. The molecule has 0 spiro atoms. The molecule has 0 amide bonds. The molecule has 0 saturated heterocycles. The summed E-state index contributed by atoms with van der Waals surface area (Å²) in [6.45, 7) is 2.54. The lowest BCUT2D eigenvalue weighted by molar-refractivity contribution is -0.140. The molecule has 2 heterocycles. The van der Waals surface area contributed by atoms with Gasteiger partial charge in [0.1, 0.15) is 0 Å². The van der Waals surface area contributed by atoms with Crippen molar-refractivity contribution in [3.63, 3.8) is 0 Å². The van der Waals surface area contributed by atoms with E-state index in [1.165, 1.54) is 0 Å². The van der Waals surface area contributed by atoms with E-state index in [-0.39, 0.29) is 0 Å². The second kappa shape index (κ2) is 9.42. The lowest BCUT2D eigenvalue weighted by Crippen LogP contribution is -2.19. The van der Waals surface area contributed by atoms with Gasteiger partial charge in [-0.05, 0) is 60.2 Å². The summed E-state index contributed by atoms with van der Waals surface area (Å²) >= 11 is 12.2. The van der Waals surface area contributed by atoms with Crippen molar-refractivity contribution in [1.82, 2.24) is 19.7 Å². The van der Waals surface area contributed by atoms with Crippen molar-refractivity contribution in [2.75, 3.05) is 5.32 Å². The number of halogens is 2. The summed E-state index contributed by atoms with van der Waals surface area (Å²) in [5, 5.41) is 19.4. The second-order valence-corrected chi connectivity index (χ2v) is 10.4. The Morgan fingerprint density at radius 2 is 1.76 bits per heavy atom. The van der Waals surface area contributed by atoms with Crippen LogP contribution >= 0.6 is 23.2 Å². The zero-order valence-electron chi connectivity index (χ0n) is 20.4. The van der Waals surface area contributed by atoms with Crippen LogP contribution in [0, 0.1) is 6.92 Å². The molecule has 1 aliphatic rings. The molecule has 6 rings (SSSR count). The van der Waals surface area contributed by atoms with Gasteiger partial charge in [0, 0.05) is 23.3 Å². The summed E-state index contributed by atoms with van der Waals surface area (Å²) in [6.07, 6.45) is 3.16. The summed E-state index contributed by atoms with van der Waals surface area (Å²) in [6, 6.07) is 21.3. The first-order chi connectivity index (χ1) is 18.3. The molecule has 0 radical (unpaired) electrons. The highest BCUT2D eigenvalue weighted by Crippen LogP contribution is 2.48. The van der Waals surface area contributed by atoms with E-state index >= 15 is 0 Å². The average Bonchev–Trinajstić information content (AvgIpc) is 3.66. The van der Waals surface area contributed by atoms with Crippen LogP contribution in [0.1, 0.15) is 29.7 Å². The van der Waals surface area contributed by atoms with Crippen molar-refractivity contribution in [3.8, 4) is 11.1 Å². The molecule has 1 saturated carbocycles. The molecule has 0 atom stereocenters. The number of anilines is 2. The first-order valence-corrected chi connectivity index (χ1v) is 12.9. The maximum Gasteiger partial charge on any atom is 0.314 e. The number of aromatic nitrogens is 4. The van der Waals surface area contributed by atoms with E-state index in [1.807, 2.05) is 72.3 Å². The summed E-state index contributed by atoms with van der Waals surface area (Å²) in [5.41, 5.74) is 4.91. The number of carboxylic acid groups (broad SMARTS) is 1. The van der Waals surface area contributed by atoms with E-state index in [0.717, 1.165) is 38.9 Å². The van der Waals surface area contributed by atoms with Gasteiger partial charge in [0.15, 0.2) is 5.82 Å². The Morgan fingerprint density at radius 1 is 1.00 bits per heavy atom. The van der Waals surface area contributed by atoms with Crippen LogP contribution in [0.3, 0.4) is 0 Å². The van der Waals surface area contributed by atoms with Gasteiger partial charge < -0.3 is 10.4 Å². The zero-order valence-corrected chi connectivity index (χ0v) is 22.0. The molecule has 2 aromatic heterocycles. The molecule has 3 aromatic carbocycles. The normalized spacial score (nSPS) is 14.0. The van der Waals surface area contributed by atoms with Crippen molar-refractivity contribution in [1.29, 1.82) is 0 Å². The van der Waals surface area contributed by atoms with E-state index in [0.29, 0.717) is 41.2 Å². The van der Waals surface area contributed by atoms with E-state index in [4.69, 9.17) is 28.2 Å². The van der Waals surface area contributed by atoms with E-state index in [1.54, 1.807) is 12.3 Å². The quantitative estimate of drug-likeness (QED) is 0.229. The van der Waals surface area contributed by atoms with Gasteiger partial charge >= 0.3 is 5.97 Å². The molecule has 38 heavy (non-hydrogen) atoms. The fourth-order valence-corrected chi connectivity index (χ4v) is 4.97. The highest BCUT2D eigenvalue weighted by atomic mass is 35.5. The van der Waals surface area contributed by atoms with Crippen LogP contribution in [0.5, 0.6) is 0 Å². The van der Waals surface area contributed by atoms with Crippen LogP contribution < -0.4 is 5.32 Å². The molecule has 190 valence electrons. The molecule has 2 N–H and O–H groups in total. The van der Waals surface area contributed by atoms with Crippen LogP contribution in [-0.4, -0.2) is 30.8 Å². The number of rotatable bonds is 7. The number of nitrogens with one attached hydrogen (secondary N) is 1. The SMILES string of the molecule is Cc1cc(Nc2ncc3ccc(-c4ccc(C5(C(=O)O)CC5)cc4)cc3n2)nn1Cc1ccc(Cl)c(Cl)c1. The van der Waals surface area contributed by atoms with Crippen LogP contribution in [0.4, 0.5) is 11.8 Å². The molecule has 0 unspecified atom stereocenters. The van der Waals surface area contributed by atoms with Crippen LogP contribution in [0.15, 0.2) is 72.9 Å². The summed E-state index contributed by atoms with van der Waals surface area (Å²) in [4.78, 5) is 20.8. The lowest BCUT2D eigenvalue weighted by atomic mass is 9.93. The third-order valence-electron chi connectivity index (χ3n) is 7.05. The first kappa shape index (κ1) is 24.4. The number of fused-ring (bicyclic) bond motifs is 1. The van der Waals surface area contributed by atoms with Crippen molar-refractivity contribution >= 4 is 51.8 Å². The van der Waals surface area contributed by atoms with Gasteiger partial charge in [0.05, 0.1) is 27.5 Å². The Morgan fingerprint density at radius 3 is 2.47 bits per heavy atom. The molecule has 0 aliphatic heterocycles. The largest absolute Gasteiger partial charge is 0.481 e. The Balaban J connectivity index is 1.22. The highest BCUT2D eigenvalue weighted by molar-refractivity contribution is 6.42. The third-order valence-corrected chi connectivity index (χ3v) is 7.79. The molecule has 1 fully saturated rings. The molecule has 0 bridgehead atoms. The first-order valence-electron chi connectivity index (χ1n) is 12.2.